The van der Waals surface area contributed by atoms with Gasteiger partial charge in [0.05, 0.1) is 28.4 Å². The molecule has 1 aliphatic heterocycles. The van der Waals surface area contributed by atoms with Gasteiger partial charge in [0.2, 0.25) is 11.7 Å². The molecule has 8 nitrogen and oxygen atoms in total. The molecule has 1 N–H and O–H groups in total. The summed E-state index contributed by atoms with van der Waals surface area (Å²) in [7, 11) is 5.80. The lowest BCUT2D eigenvalue weighted by molar-refractivity contribution is -0.119. The first-order chi connectivity index (χ1) is 11.5. The largest absolute Gasteiger partial charge is 0.493 e. The van der Waals surface area contributed by atoms with Crippen molar-refractivity contribution in [2.75, 3.05) is 40.3 Å². The van der Waals surface area contributed by atoms with Crippen LogP contribution in [0.3, 0.4) is 0 Å². The third-order valence-corrected chi connectivity index (χ3v) is 3.90. The van der Waals surface area contributed by atoms with Gasteiger partial charge in [-0.05, 0) is 12.8 Å². The van der Waals surface area contributed by atoms with Crippen molar-refractivity contribution in [1.29, 1.82) is 0 Å². The predicted molar refractivity (Wildman–Crippen MR) is 86.9 cm³/mol. The molecule has 132 valence electrons. The van der Waals surface area contributed by atoms with Crippen molar-refractivity contribution < 1.29 is 28.5 Å². The summed E-state index contributed by atoms with van der Waals surface area (Å²) in [5.41, 5.74) is 0.492. The van der Waals surface area contributed by atoms with Crippen molar-refractivity contribution in [1.82, 2.24) is 4.90 Å². The van der Waals surface area contributed by atoms with E-state index in [9.17, 15) is 9.59 Å². The fourth-order valence-corrected chi connectivity index (χ4v) is 2.75. The lowest BCUT2D eigenvalue weighted by Crippen LogP contribution is -2.43. The van der Waals surface area contributed by atoms with Gasteiger partial charge in [-0.15, -0.1) is 0 Å². The monoisotopic (exact) mass is 338 g/mol. The van der Waals surface area contributed by atoms with Gasteiger partial charge in [0.1, 0.15) is 6.04 Å². The van der Waals surface area contributed by atoms with E-state index >= 15 is 0 Å². The first-order valence-corrected chi connectivity index (χ1v) is 7.51. The summed E-state index contributed by atoms with van der Waals surface area (Å²) in [4.78, 5) is 25.7. The zero-order valence-electron chi connectivity index (χ0n) is 14.3. The molecule has 1 fully saturated rings. The minimum absolute atomic E-state index is 0.285. The van der Waals surface area contributed by atoms with Crippen LogP contribution in [0.5, 0.6) is 17.2 Å². The van der Waals surface area contributed by atoms with Crippen LogP contribution in [0.1, 0.15) is 12.8 Å². The molecule has 1 heterocycles. The Bertz CT molecular complexity index is 594. The van der Waals surface area contributed by atoms with Crippen LogP contribution in [-0.4, -0.2) is 57.9 Å². The topological polar surface area (TPSA) is 86.3 Å². The van der Waals surface area contributed by atoms with Gasteiger partial charge < -0.3 is 24.3 Å². The molecule has 0 saturated carbocycles. The zero-order valence-corrected chi connectivity index (χ0v) is 14.3. The minimum atomic E-state index is -0.559. The number of benzene rings is 1. The van der Waals surface area contributed by atoms with E-state index in [1.54, 1.807) is 12.1 Å². The summed E-state index contributed by atoms with van der Waals surface area (Å²) < 4.78 is 20.5. The molecular formula is C16H22N2O6. The highest BCUT2D eigenvalue weighted by molar-refractivity contribution is 5.97. The Kier molecular flexibility index (Phi) is 5.73. The number of hydrogen-bond acceptors (Lipinski definition) is 6. The van der Waals surface area contributed by atoms with Gasteiger partial charge in [-0.3, -0.25) is 9.69 Å². The number of anilines is 1. The number of likely N-dealkylation sites (tertiary alicyclic amines) is 1. The fourth-order valence-electron chi connectivity index (χ4n) is 2.75. The third-order valence-electron chi connectivity index (χ3n) is 3.90. The molecule has 0 aromatic heterocycles. The van der Waals surface area contributed by atoms with Gasteiger partial charge in [-0.2, -0.15) is 0 Å². The van der Waals surface area contributed by atoms with E-state index in [4.69, 9.17) is 18.9 Å². The van der Waals surface area contributed by atoms with Crippen molar-refractivity contribution in [2.24, 2.45) is 0 Å². The summed E-state index contributed by atoms with van der Waals surface area (Å²) in [6.07, 6.45) is 0.839. The molecule has 0 bridgehead atoms. The van der Waals surface area contributed by atoms with E-state index in [0.717, 1.165) is 6.42 Å². The third kappa shape index (κ3) is 3.47. The van der Waals surface area contributed by atoms with Gasteiger partial charge in [0.25, 0.3) is 0 Å². The standard InChI is InChI=1S/C16H22N2O6/c1-21-12-8-10(9-13(22-2)14(12)23-3)17-15(19)11-6-5-7-18(11)16(20)24-4/h8-9,11H,5-7H2,1-4H3,(H,17,19). The average molecular weight is 338 g/mol. The quantitative estimate of drug-likeness (QED) is 0.882. The molecule has 0 aliphatic carbocycles. The molecule has 2 amide bonds. The normalized spacial score (nSPS) is 16.5. The number of methoxy groups -OCH3 is 4. The maximum Gasteiger partial charge on any atom is 0.410 e. The lowest BCUT2D eigenvalue weighted by atomic mass is 10.2. The first kappa shape index (κ1) is 17.7. The number of ether oxygens (including phenoxy) is 4. The van der Waals surface area contributed by atoms with Gasteiger partial charge in [0, 0.05) is 24.4 Å². The van der Waals surface area contributed by atoms with Crippen LogP contribution >= 0.6 is 0 Å². The van der Waals surface area contributed by atoms with E-state index in [1.807, 2.05) is 0 Å². The van der Waals surface area contributed by atoms with E-state index in [1.165, 1.54) is 33.3 Å². The molecule has 1 atom stereocenters. The van der Waals surface area contributed by atoms with Crippen LogP contribution in [0.15, 0.2) is 12.1 Å². The number of amides is 2. The molecule has 1 aliphatic rings. The van der Waals surface area contributed by atoms with Gasteiger partial charge in [-0.25, -0.2) is 4.79 Å². The lowest BCUT2D eigenvalue weighted by Gasteiger charge is -2.22. The summed E-state index contributed by atoms with van der Waals surface area (Å²) in [5.74, 6) is 1.02. The molecule has 0 spiro atoms. The van der Waals surface area contributed by atoms with Crippen molar-refractivity contribution in [3.05, 3.63) is 12.1 Å². The van der Waals surface area contributed by atoms with Crippen molar-refractivity contribution in [3.8, 4) is 17.2 Å². The maximum absolute atomic E-state index is 12.5. The Balaban J connectivity index is 2.21. The number of nitrogens with one attached hydrogen (secondary N) is 1. The van der Waals surface area contributed by atoms with E-state index in [-0.39, 0.29) is 5.91 Å². The summed E-state index contributed by atoms with van der Waals surface area (Å²) in [6.45, 7) is 0.500. The molecule has 2 rings (SSSR count). The Morgan fingerprint density at radius 3 is 2.21 bits per heavy atom. The van der Waals surface area contributed by atoms with E-state index < -0.39 is 12.1 Å². The number of carbonyl (C=O) groups is 2. The fraction of sp³-hybridized carbons (Fsp3) is 0.500. The Hall–Kier alpha value is -2.64. The molecule has 0 radical (unpaired) electrons. The Labute approximate surface area is 140 Å². The molecular weight excluding hydrogens is 316 g/mol. The molecule has 1 unspecified atom stereocenters. The van der Waals surface area contributed by atoms with Crippen molar-refractivity contribution in [2.45, 2.75) is 18.9 Å². The van der Waals surface area contributed by atoms with Crippen molar-refractivity contribution in [3.63, 3.8) is 0 Å². The molecule has 1 saturated heterocycles. The maximum atomic E-state index is 12.5. The predicted octanol–water partition coefficient (Wildman–Crippen LogP) is 1.88. The molecule has 8 heteroatoms. The average Bonchev–Trinajstić information content (AvgIpc) is 3.09. The molecule has 1 aromatic rings. The molecule has 24 heavy (non-hydrogen) atoms. The number of rotatable bonds is 5. The van der Waals surface area contributed by atoms with Gasteiger partial charge in [-0.1, -0.05) is 0 Å². The zero-order chi connectivity index (χ0) is 17.7. The van der Waals surface area contributed by atoms with Crippen LogP contribution in [0.25, 0.3) is 0 Å². The van der Waals surface area contributed by atoms with E-state index in [2.05, 4.69) is 5.32 Å². The first-order valence-electron chi connectivity index (χ1n) is 7.51. The van der Waals surface area contributed by atoms with E-state index in [0.29, 0.717) is 35.9 Å². The number of carbonyl (C=O) groups excluding carboxylic acids is 2. The van der Waals surface area contributed by atoms with Gasteiger partial charge >= 0.3 is 6.09 Å². The van der Waals surface area contributed by atoms with Crippen LogP contribution in [-0.2, 0) is 9.53 Å². The second-order valence-corrected chi connectivity index (χ2v) is 5.22. The van der Waals surface area contributed by atoms with Gasteiger partial charge in [0.15, 0.2) is 11.5 Å². The highest BCUT2D eigenvalue weighted by Gasteiger charge is 2.35. The van der Waals surface area contributed by atoms with Crippen LogP contribution < -0.4 is 19.5 Å². The second-order valence-electron chi connectivity index (χ2n) is 5.22. The van der Waals surface area contributed by atoms with Crippen molar-refractivity contribution >= 4 is 17.7 Å². The highest BCUT2D eigenvalue weighted by Crippen LogP contribution is 2.40. The smallest absolute Gasteiger partial charge is 0.410 e. The number of hydrogen-bond donors (Lipinski definition) is 1. The summed E-state index contributed by atoms with van der Waals surface area (Å²) >= 11 is 0. The van der Waals surface area contributed by atoms with Crippen LogP contribution in [0.2, 0.25) is 0 Å². The second kappa shape index (κ2) is 7.76. The Morgan fingerprint density at radius 1 is 1.08 bits per heavy atom. The summed E-state index contributed by atoms with van der Waals surface area (Å²) in [5, 5.41) is 2.79. The molecule has 1 aromatic carbocycles. The Morgan fingerprint density at radius 2 is 1.71 bits per heavy atom. The van der Waals surface area contributed by atoms with Crippen LogP contribution in [0.4, 0.5) is 10.5 Å². The number of nitrogens with zero attached hydrogens (tertiary/aromatic N) is 1. The highest BCUT2D eigenvalue weighted by atomic mass is 16.5. The SMILES string of the molecule is COC(=O)N1CCCC1C(=O)Nc1cc(OC)c(OC)c(OC)c1. The summed E-state index contributed by atoms with van der Waals surface area (Å²) in [6, 6.07) is 2.71. The van der Waals surface area contributed by atoms with Crippen LogP contribution in [0, 0.1) is 0 Å². The minimum Gasteiger partial charge on any atom is -0.493 e.